The maximum atomic E-state index is 14.7. The first-order valence-electron chi connectivity index (χ1n) is 8.81. The zero-order chi connectivity index (χ0) is 22.1. The Morgan fingerprint density at radius 2 is 2.23 bits per heavy atom. The molecule has 1 heterocycles. The summed E-state index contributed by atoms with van der Waals surface area (Å²) in [6, 6.07) is 2.44. The molecule has 0 radical (unpaired) electrons. The van der Waals surface area contributed by atoms with Crippen LogP contribution in [0.1, 0.15) is 18.9 Å². The van der Waals surface area contributed by atoms with Crippen LogP contribution in [0.25, 0.3) is 0 Å². The number of rotatable bonds is 7. The number of halogens is 3. The zero-order valence-corrected chi connectivity index (χ0v) is 18.3. The molecule has 0 saturated carbocycles. The van der Waals surface area contributed by atoms with Crippen molar-refractivity contribution in [2.75, 3.05) is 25.4 Å². The van der Waals surface area contributed by atoms with Crippen molar-refractivity contribution in [2.24, 2.45) is 10.7 Å². The van der Waals surface area contributed by atoms with Crippen LogP contribution in [-0.4, -0.2) is 26.9 Å². The van der Waals surface area contributed by atoms with Crippen molar-refractivity contribution < 1.29 is 13.5 Å². The summed E-state index contributed by atoms with van der Waals surface area (Å²) in [5.74, 6) is 4.45. The Kier molecular flexibility index (Phi) is 8.89. The maximum absolute atomic E-state index is 14.7. The Bertz CT molecular complexity index is 979. The Labute approximate surface area is 183 Å². The molecule has 1 aliphatic rings. The van der Waals surface area contributed by atoms with E-state index >= 15 is 0 Å². The van der Waals surface area contributed by atoms with Gasteiger partial charge in [-0.3, -0.25) is 0 Å². The fraction of sp³-hybridized carbons (Fsp3) is 0.250. The third kappa shape index (κ3) is 6.34. The van der Waals surface area contributed by atoms with E-state index in [-0.39, 0.29) is 17.7 Å². The molecule has 0 bridgehead atoms. The van der Waals surface area contributed by atoms with Gasteiger partial charge in [0.1, 0.15) is 11.6 Å². The predicted octanol–water partition coefficient (Wildman–Crippen LogP) is 3.75. The van der Waals surface area contributed by atoms with Crippen molar-refractivity contribution in [3.8, 4) is 11.8 Å². The zero-order valence-electron chi connectivity index (χ0n) is 16.7. The predicted molar refractivity (Wildman–Crippen MR) is 119 cm³/mol. The van der Waals surface area contributed by atoms with Gasteiger partial charge in [-0.05, 0) is 37.1 Å². The molecule has 1 aromatic carbocycles. The Balaban J connectivity index is 2.13. The van der Waals surface area contributed by atoms with Crippen LogP contribution in [0.4, 0.5) is 14.5 Å². The van der Waals surface area contributed by atoms with Crippen LogP contribution in [0.2, 0.25) is 0 Å². The van der Waals surface area contributed by atoms with Gasteiger partial charge in [0.25, 0.3) is 0 Å². The first-order valence-corrected chi connectivity index (χ1v) is 10.0. The summed E-state index contributed by atoms with van der Waals surface area (Å²) in [4.78, 5) is 4.64. The Morgan fingerprint density at radius 3 is 2.93 bits per heavy atom. The Morgan fingerprint density at radius 1 is 1.47 bits per heavy atom. The van der Waals surface area contributed by atoms with E-state index in [0.717, 1.165) is 18.0 Å². The van der Waals surface area contributed by atoms with E-state index < -0.39 is 11.6 Å². The standard InChI is InChI=1S/C20H22ClF2N5OS/c1-12(25-2)19(24)26-9-5-4-6-14-15(22)7-8-16(18(14)23)28-30-17-10-13(21)11-27-20(17)29-3/h7-10,25,27-28H,5,11,24H2,1-3H3/b19-12-,26-9?. The molecule has 10 heteroatoms. The van der Waals surface area contributed by atoms with Crippen LogP contribution >= 0.6 is 23.5 Å². The summed E-state index contributed by atoms with van der Waals surface area (Å²) < 4.78 is 36.9. The molecule has 30 heavy (non-hydrogen) atoms. The molecule has 1 aromatic rings. The number of nitrogens with one attached hydrogen (secondary N) is 3. The molecule has 0 aromatic heterocycles. The quantitative estimate of drug-likeness (QED) is 0.286. The third-order valence-corrected chi connectivity index (χ3v) is 4.98. The number of aliphatic imine (C=N–C) groups is 1. The van der Waals surface area contributed by atoms with E-state index in [1.54, 1.807) is 20.0 Å². The van der Waals surface area contributed by atoms with Gasteiger partial charge in [0.2, 0.25) is 5.88 Å². The second-order valence-corrected chi connectivity index (χ2v) is 7.24. The van der Waals surface area contributed by atoms with Crippen molar-refractivity contribution in [2.45, 2.75) is 13.3 Å². The van der Waals surface area contributed by atoms with Crippen LogP contribution in [0.15, 0.2) is 50.5 Å². The molecule has 0 amide bonds. The lowest BCUT2D eigenvalue weighted by atomic mass is 10.1. The van der Waals surface area contributed by atoms with Crippen molar-refractivity contribution in [1.29, 1.82) is 0 Å². The van der Waals surface area contributed by atoms with Crippen LogP contribution in [-0.2, 0) is 4.74 Å². The molecule has 2 rings (SSSR count). The number of nitrogens with two attached hydrogens (primary N) is 1. The van der Waals surface area contributed by atoms with Crippen LogP contribution in [0.5, 0.6) is 0 Å². The number of anilines is 1. The lowest BCUT2D eigenvalue weighted by Crippen LogP contribution is -2.21. The molecule has 0 saturated heterocycles. The lowest BCUT2D eigenvalue weighted by Gasteiger charge is -2.18. The Hall–Kier alpha value is -2.83. The second kappa shape index (κ2) is 11.4. The molecule has 5 N–H and O–H groups in total. The van der Waals surface area contributed by atoms with Crippen molar-refractivity contribution in [3.05, 3.63) is 62.7 Å². The number of benzene rings is 1. The summed E-state index contributed by atoms with van der Waals surface area (Å²) in [6.07, 6.45) is 3.36. The molecular formula is C20H22ClF2N5OS. The van der Waals surface area contributed by atoms with E-state index in [1.165, 1.54) is 19.4 Å². The van der Waals surface area contributed by atoms with E-state index in [4.69, 9.17) is 22.1 Å². The number of hydrogen-bond acceptors (Lipinski definition) is 7. The summed E-state index contributed by atoms with van der Waals surface area (Å²) >= 11 is 7.10. The monoisotopic (exact) mass is 453 g/mol. The van der Waals surface area contributed by atoms with Crippen LogP contribution in [0, 0.1) is 23.5 Å². The number of nitrogens with zero attached hydrogens (tertiary/aromatic N) is 1. The second-order valence-electron chi connectivity index (χ2n) is 5.91. The highest BCUT2D eigenvalue weighted by molar-refractivity contribution is 8.04. The first kappa shape index (κ1) is 23.4. The number of hydrogen-bond donors (Lipinski definition) is 4. The largest absolute Gasteiger partial charge is 0.482 e. The summed E-state index contributed by atoms with van der Waals surface area (Å²) in [5, 5.41) is 6.44. The fourth-order valence-electron chi connectivity index (χ4n) is 2.17. The number of methoxy groups -OCH3 is 1. The number of allylic oxidation sites excluding steroid dienone is 2. The molecule has 0 atom stereocenters. The normalized spacial score (nSPS) is 14.4. The minimum atomic E-state index is -0.796. The molecule has 160 valence electrons. The summed E-state index contributed by atoms with van der Waals surface area (Å²) in [6.45, 7) is 2.22. The molecule has 1 aliphatic heterocycles. The highest BCUT2D eigenvalue weighted by atomic mass is 35.5. The molecule has 0 unspecified atom stereocenters. The van der Waals surface area contributed by atoms with Gasteiger partial charge in [0, 0.05) is 24.7 Å². The topological polar surface area (TPSA) is 83.7 Å². The highest BCUT2D eigenvalue weighted by Gasteiger charge is 2.16. The smallest absolute Gasteiger partial charge is 0.202 e. The van der Waals surface area contributed by atoms with Crippen molar-refractivity contribution in [1.82, 2.24) is 10.6 Å². The molecule has 0 aliphatic carbocycles. The average molecular weight is 454 g/mol. The highest BCUT2D eigenvalue weighted by Crippen LogP contribution is 2.30. The van der Waals surface area contributed by atoms with Gasteiger partial charge in [0.15, 0.2) is 5.82 Å². The molecule has 6 nitrogen and oxygen atoms in total. The lowest BCUT2D eigenvalue weighted by molar-refractivity contribution is 0.262. The average Bonchev–Trinajstić information content (AvgIpc) is 2.74. The van der Waals surface area contributed by atoms with Gasteiger partial charge < -0.3 is 25.8 Å². The van der Waals surface area contributed by atoms with Crippen molar-refractivity contribution in [3.63, 3.8) is 0 Å². The van der Waals surface area contributed by atoms with Gasteiger partial charge in [0.05, 0.1) is 35.5 Å². The molecule has 0 spiro atoms. The van der Waals surface area contributed by atoms with Crippen LogP contribution < -0.4 is 21.1 Å². The van der Waals surface area contributed by atoms with Crippen molar-refractivity contribution >= 4 is 35.5 Å². The van der Waals surface area contributed by atoms with Gasteiger partial charge in [-0.2, -0.15) is 0 Å². The maximum Gasteiger partial charge on any atom is 0.202 e. The van der Waals surface area contributed by atoms with Crippen LogP contribution in [0.3, 0.4) is 0 Å². The minimum Gasteiger partial charge on any atom is -0.482 e. The summed E-state index contributed by atoms with van der Waals surface area (Å²) in [7, 11) is 3.24. The minimum absolute atomic E-state index is 0.0780. The third-order valence-electron chi connectivity index (χ3n) is 3.89. The number of dihydropyridines is 1. The fourth-order valence-corrected chi connectivity index (χ4v) is 3.24. The van der Waals surface area contributed by atoms with Gasteiger partial charge in [-0.25, -0.2) is 13.8 Å². The van der Waals surface area contributed by atoms with Gasteiger partial charge in [-0.1, -0.05) is 23.4 Å². The van der Waals surface area contributed by atoms with Gasteiger partial charge >= 0.3 is 0 Å². The SMILES string of the molecule is CN/C(C)=C(/N)N=CCC#Cc1c(F)ccc(NSC2=C(OC)NCC(Cl)=C2)c1F. The molecular weight excluding hydrogens is 432 g/mol. The van der Waals surface area contributed by atoms with E-state index in [1.807, 2.05) is 0 Å². The first-order chi connectivity index (χ1) is 14.4. The van der Waals surface area contributed by atoms with Gasteiger partial charge in [-0.15, -0.1) is 0 Å². The van der Waals surface area contributed by atoms with E-state index in [0.29, 0.717) is 33.9 Å². The molecule has 0 fully saturated rings. The summed E-state index contributed by atoms with van der Waals surface area (Å²) in [5.41, 5.74) is 6.18. The van der Waals surface area contributed by atoms with E-state index in [2.05, 4.69) is 32.2 Å². The number of ether oxygens (including phenoxy) is 1. The van der Waals surface area contributed by atoms with E-state index in [9.17, 15) is 8.78 Å².